The Bertz CT molecular complexity index is 460. The van der Waals surface area contributed by atoms with Gasteiger partial charge in [0.25, 0.3) is 5.91 Å². The van der Waals surface area contributed by atoms with E-state index in [-0.39, 0.29) is 23.0 Å². The van der Waals surface area contributed by atoms with Crippen molar-refractivity contribution in [2.24, 2.45) is 5.92 Å². The van der Waals surface area contributed by atoms with Crippen LogP contribution in [-0.2, 0) is 0 Å². The number of amides is 1. The molecule has 0 unspecified atom stereocenters. The summed E-state index contributed by atoms with van der Waals surface area (Å²) in [6.07, 6.45) is 1.91. The number of carbonyl (C=O) groups is 1. The third kappa shape index (κ3) is 3.22. The molecule has 1 heterocycles. The highest BCUT2D eigenvalue weighted by Crippen LogP contribution is 2.29. The Morgan fingerprint density at radius 2 is 1.80 bits per heavy atom. The minimum Gasteiger partial charge on any atom is -0.507 e. The van der Waals surface area contributed by atoms with Crippen molar-refractivity contribution in [1.82, 2.24) is 9.80 Å². The normalized spacial score (nSPS) is 16.6. The van der Waals surface area contributed by atoms with Gasteiger partial charge in [-0.2, -0.15) is 0 Å². The van der Waals surface area contributed by atoms with Gasteiger partial charge in [0.15, 0.2) is 0 Å². The van der Waals surface area contributed by atoms with Crippen molar-refractivity contribution < 1.29 is 15.0 Å². The molecule has 1 fully saturated rings. The lowest BCUT2D eigenvalue weighted by Gasteiger charge is -2.33. The maximum absolute atomic E-state index is 12.4. The van der Waals surface area contributed by atoms with E-state index in [1.165, 1.54) is 18.2 Å². The van der Waals surface area contributed by atoms with Crippen LogP contribution in [0.4, 0.5) is 0 Å². The summed E-state index contributed by atoms with van der Waals surface area (Å²) in [6, 6.07) is 4.36. The molecule has 1 aromatic rings. The van der Waals surface area contributed by atoms with E-state index in [0.29, 0.717) is 19.0 Å². The monoisotopic (exact) mass is 278 g/mol. The van der Waals surface area contributed by atoms with Gasteiger partial charge in [-0.05, 0) is 45.0 Å². The fourth-order valence-electron chi connectivity index (χ4n) is 2.74. The van der Waals surface area contributed by atoms with Crippen molar-refractivity contribution in [3.63, 3.8) is 0 Å². The summed E-state index contributed by atoms with van der Waals surface area (Å²) in [5.41, 5.74) is 0.0126. The van der Waals surface area contributed by atoms with Gasteiger partial charge < -0.3 is 20.0 Å². The first-order valence-corrected chi connectivity index (χ1v) is 6.94. The maximum atomic E-state index is 12.4. The molecule has 0 atom stereocenters. The van der Waals surface area contributed by atoms with Crippen LogP contribution in [0.25, 0.3) is 0 Å². The summed E-state index contributed by atoms with van der Waals surface area (Å²) in [6.45, 7) is 2.38. The van der Waals surface area contributed by atoms with Crippen LogP contribution in [-0.4, -0.2) is 59.6 Å². The Kier molecular flexibility index (Phi) is 4.49. The SMILES string of the molecule is CN(C)CC1CCN(C(=O)c2c(O)cccc2O)CC1. The number of likely N-dealkylation sites (tertiary alicyclic amines) is 1. The van der Waals surface area contributed by atoms with Crippen LogP contribution in [0.5, 0.6) is 11.5 Å². The van der Waals surface area contributed by atoms with Gasteiger partial charge in [-0.25, -0.2) is 0 Å². The van der Waals surface area contributed by atoms with Crippen molar-refractivity contribution in [2.45, 2.75) is 12.8 Å². The van der Waals surface area contributed by atoms with E-state index in [4.69, 9.17) is 0 Å². The van der Waals surface area contributed by atoms with Crippen LogP contribution in [0.1, 0.15) is 23.2 Å². The molecule has 1 aliphatic rings. The average Bonchev–Trinajstić information content (AvgIpc) is 2.38. The molecular formula is C15H22N2O3. The van der Waals surface area contributed by atoms with Gasteiger partial charge in [-0.3, -0.25) is 4.79 Å². The number of aromatic hydroxyl groups is 2. The van der Waals surface area contributed by atoms with Crippen molar-refractivity contribution >= 4 is 5.91 Å². The maximum Gasteiger partial charge on any atom is 0.261 e. The van der Waals surface area contributed by atoms with Gasteiger partial charge in [0.05, 0.1) is 0 Å². The minimum absolute atomic E-state index is 0.0126. The zero-order chi connectivity index (χ0) is 14.7. The predicted molar refractivity (Wildman–Crippen MR) is 77.0 cm³/mol. The molecule has 5 heteroatoms. The quantitative estimate of drug-likeness (QED) is 0.879. The Hall–Kier alpha value is -1.75. The second-order valence-electron chi connectivity index (χ2n) is 5.67. The number of carbonyl (C=O) groups excluding carboxylic acids is 1. The van der Waals surface area contributed by atoms with Crippen molar-refractivity contribution in [3.8, 4) is 11.5 Å². The van der Waals surface area contributed by atoms with E-state index in [9.17, 15) is 15.0 Å². The van der Waals surface area contributed by atoms with Crippen LogP contribution in [0, 0.1) is 5.92 Å². The lowest BCUT2D eigenvalue weighted by Crippen LogP contribution is -2.40. The third-order valence-electron chi connectivity index (χ3n) is 3.76. The first-order chi connectivity index (χ1) is 9.49. The lowest BCUT2D eigenvalue weighted by atomic mass is 9.96. The van der Waals surface area contributed by atoms with Crippen LogP contribution in [0.3, 0.4) is 0 Å². The Morgan fingerprint density at radius 1 is 1.25 bits per heavy atom. The summed E-state index contributed by atoms with van der Waals surface area (Å²) < 4.78 is 0. The minimum atomic E-state index is -0.288. The van der Waals surface area contributed by atoms with E-state index in [1.807, 2.05) is 0 Å². The summed E-state index contributed by atoms with van der Waals surface area (Å²) in [5, 5.41) is 19.5. The Morgan fingerprint density at radius 3 is 2.30 bits per heavy atom. The molecule has 0 bridgehead atoms. The molecule has 0 aliphatic carbocycles. The molecular weight excluding hydrogens is 256 g/mol. The fraction of sp³-hybridized carbons (Fsp3) is 0.533. The number of hydrogen-bond donors (Lipinski definition) is 2. The van der Waals surface area contributed by atoms with Crippen molar-refractivity contribution in [3.05, 3.63) is 23.8 Å². The molecule has 1 aromatic carbocycles. The predicted octanol–water partition coefficient (Wildman–Crippen LogP) is 1.51. The van der Waals surface area contributed by atoms with Crippen LogP contribution in [0.2, 0.25) is 0 Å². The van der Waals surface area contributed by atoms with Gasteiger partial charge in [-0.1, -0.05) is 6.07 Å². The van der Waals surface area contributed by atoms with Gasteiger partial charge >= 0.3 is 0 Å². The number of nitrogens with zero attached hydrogens (tertiary/aromatic N) is 2. The zero-order valence-electron chi connectivity index (χ0n) is 12.0. The molecule has 0 aromatic heterocycles. The third-order valence-corrected chi connectivity index (χ3v) is 3.76. The number of rotatable bonds is 3. The second-order valence-corrected chi connectivity index (χ2v) is 5.67. The van der Waals surface area contributed by atoms with E-state index >= 15 is 0 Å². The van der Waals surface area contributed by atoms with E-state index in [1.54, 1.807) is 4.90 Å². The lowest BCUT2D eigenvalue weighted by molar-refractivity contribution is 0.0672. The molecule has 1 amide bonds. The second kappa shape index (κ2) is 6.13. The number of benzene rings is 1. The molecule has 0 radical (unpaired) electrons. The number of piperidine rings is 1. The standard InChI is InChI=1S/C15H22N2O3/c1-16(2)10-11-6-8-17(9-7-11)15(20)14-12(18)4-3-5-13(14)19/h3-5,11,18-19H,6-10H2,1-2H3. The topological polar surface area (TPSA) is 64.0 Å². The number of phenolic OH excluding ortho intramolecular Hbond substituents is 2. The summed E-state index contributed by atoms with van der Waals surface area (Å²) in [4.78, 5) is 16.2. The first kappa shape index (κ1) is 14.7. The molecule has 0 saturated carbocycles. The molecule has 1 aliphatic heterocycles. The molecule has 5 nitrogen and oxygen atoms in total. The number of phenols is 2. The highest BCUT2D eigenvalue weighted by molar-refractivity contribution is 5.99. The van der Waals surface area contributed by atoms with Gasteiger partial charge in [0, 0.05) is 19.6 Å². The fourth-order valence-corrected chi connectivity index (χ4v) is 2.74. The summed E-state index contributed by atoms with van der Waals surface area (Å²) in [7, 11) is 4.11. The molecule has 20 heavy (non-hydrogen) atoms. The van der Waals surface area contributed by atoms with Gasteiger partial charge in [-0.15, -0.1) is 0 Å². The van der Waals surface area contributed by atoms with Gasteiger partial charge in [0.2, 0.25) is 0 Å². The average molecular weight is 278 g/mol. The van der Waals surface area contributed by atoms with E-state index < -0.39 is 0 Å². The zero-order valence-corrected chi connectivity index (χ0v) is 12.0. The van der Waals surface area contributed by atoms with Gasteiger partial charge in [0.1, 0.15) is 17.1 Å². The highest BCUT2D eigenvalue weighted by atomic mass is 16.3. The highest BCUT2D eigenvalue weighted by Gasteiger charge is 2.27. The Balaban J connectivity index is 2.02. The molecule has 2 rings (SSSR count). The molecule has 0 spiro atoms. The van der Waals surface area contributed by atoms with Crippen LogP contribution < -0.4 is 0 Å². The van der Waals surface area contributed by atoms with Crippen molar-refractivity contribution in [1.29, 1.82) is 0 Å². The van der Waals surface area contributed by atoms with Crippen LogP contribution >= 0.6 is 0 Å². The number of hydrogen-bond acceptors (Lipinski definition) is 4. The molecule has 110 valence electrons. The van der Waals surface area contributed by atoms with Crippen LogP contribution in [0.15, 0.2) is 18.2 Å². The first-order valence-electron chi connectivity index (χ1n) is 6.94. The summed E-state index contributed by atoms with van der Waals surface area (Å²) in [5.74, 6) is -0.00764. The van der Waals surface area contributed by atoms with E-state index in [2.05, 4.69) is 19.0 Å². The summed E-state index contributed by atoms with van der Waals surface area (Å²) >= 11 is 0. The largest absolute Gasteiger partial charge is 0.507 e. The smallest absolute Gasteiger partial charge is 0.261 e. The molecule has 1 saturated heterocycles. The molecule has 2 N–H and O–H groups in total. The Labute approximate surface area is 119 Å². The van der Waals surface area contributed by atoms with E-state index in [0.717, 1.165) is 19.4 Å². The van der Waals surface area contributed by atoms with Crippen molar-refractivity contribution in [2.75, 3.05) is 33.7 Å².